The number of carbonyl (C=O) groups excluding carboxylic acids is 1. The highest BCUT2D eigenvalue weighted by molar-refractivity contribution is 5.71. The van der Waals surface area contributed by atoms with E-state index in [2.05, 4.69) is 11.8 Å². The van der Waals surface area contributed by atoms with E-state index in [9.17, 15) is 4.79 Å². The molecule has 18 heavy (non-hydrogen) atoms. The quantitative estimate of drug-likeness (QED) is 0.720. The average molecular weight is 255 g/mol. The summed E-state index contributed by atoms with van der Waals surface area (Å²) in [7, 11) is 0. The van der Waals surface area contributed by atoms with Gasteiger partial charge in [-0.05, 0) is 46.2 Å². The second-order valence-electron chi connectivity index (χ2n) is 5.40. The molecule has 0 saturated carbocycles. The van der Waals surface area contributed by atoms with Crippen LogP contribution in [0.2, 0.25) is 0 Å². The van der Waals surface area contributed by atoms with Crippen LogP contribution in [0.1, 0.15) is 46.0 Å². The highest BCUT2D eigenvalue weighted by Crippen LogP contribution is 2.37. The number of hydrogen-bond acceptors (Lipinski definition) is 4. The summed E-state index contributed by atoms with van der Waals surface area (Å²) < 4.78 is 10.9. The van der Waals surface area contributed by atoms with E-state index in [4.69, 9.17) is 9.47 Å². The van der Waals surface area contributed by atoms with Crippen molar-refractivity contribution < 1.29 is 14.3 Å². The molecule has 2 aliphatic heterocycles. The lowest BCUT2D eigenvalue weighted by Crippen LogP contribution is -2.56. The zero-order valence-corrected chi connectivity index (χ0v) is 11.6. The van der Waals surface area contributed by atoms with Crippen LogP contribution in [0.15, 0.2) is 0 Å². The maximum atomic E-state index is 11.9. The first-order valence-electron chi connectivity index (χ1n) is 7.21. The number of esters is 1. The Hall–Kier alpha value is -0.610. The Kier molecular flexibility index (Phi) is 4.62. The van der Waals surface area contributed by atoms with E-state index in [1.165, 1.54) is 19.3 Å². The Morgan fingerprint density at radius 2 is 2.11 bits per heavy atom. The monoisotopic (exact) mass is 255 g/mol. The summed E-state index contributed by atoms with van der Waals surface area (Å²) >= 11 is 0. The molecule has 2 fully saturated rings. The van der Waals surface area contributed by atoms with E-state index in [1.54, 1.807) is 0 Å². The number of ether oxygens (including phenoxy) is 2. The fourth-order valence-corrected chi connectivity index (χ4v) is 3.33. The fraction of sp³-hybridized carbons (Fsp3) is 0.929. The molecule has 2 aliphatic rings. The summed E-state index contributed by atoms with van der Waals surface area (Å²) in [5.41, 5.74) is -0.118. The molecule has 0 amide bonds. The van der Waals surface area contributed by atoms with Crippen molar-refractivity contribution in [2.24, 2.45) is 0 Å². The van der Waals surface area contributed by atoms with Crippen LogP contribution in [0.4, 0.5) is 0 Å². The summed E-state index contributed by atoms with van der Waals surface area (Å²) in [6.07, 6.45) is 5.32. The van der Waals surface area contributed by atoms with Crippen LogP contribution >= 0.6 is 0 Å². The lowest BCUT2D eigenvalue weighted by molar-refractivity contribution is -0.148. The van der Waals surface area contributed by atoms with Crippen LogP contribution < -0.4 is 0 Å². The van der Waals surface area contributed by atoms with Crippen LogP contribution in [0.3, 0.4) is 0 Å². The molecule has 0 N–H and O–H groups in total. The normalized spacial score (nSPS) is 33.6. The second-order valence-corrected chi connectivity index (χ2v) is 5.40. The van der Waals surface area contributed by atoms with Crippen LogP contribution in [-0.4, -0.2) is 48.8 Å². The van der Waals surface area contributed by atoms with E-state index in [1.807, 2.05) is 6.92 Å². The highest BCUT2D eigenvalue weighted by Gasteiger charge is 2.48. The smallest absolute Gasteiger partial charge is 0.307 e. The summed E-state index contributed by atoms with van der Waals surface area (Å²) in [6.45, 7) is 7.36. The molecule has 2 rings (SSSR count). The lowest BCUT2D eigenvalue weighted by Gasteiger charge is -2.44. The van der Waals surface area contributed by atoms with Crippen LogP contribution in [0, 0.1) is 0 Å². The van der Waals surface area contributed by atoms with E-state index >= 15 is 0 Å². The van der Waals surface area contributed by atoms with Crippen LogP contribution in [-0.2, 0) is 14.3 Å². The Labute approximate surface area is 110 Å². The summed E-state index contributed by atoms with van der Waals surface area (Å²) in [6, 6.07) is 0. The molecular formula is C14H25NO3. The molecule has 0 spiro atoms. The summed E-state index contributed by atoms with van der Waals surface area (Å²) in [5.74, 6) is -0.0829. The Morgan fingerprint density at radius 3 is 2.67 bits per heavy atom. The first-order chi connectivity index (χ1) is 8.69. The minimum atomic E-state index is -0.118. The Balaban J connectivity index is 2.09. The van der Waals surface area contributed by atoms with E-state index in [0.29, 0.717) is 13.0 Å². The molecule has 104 valence electrons. The van der Waals surface area contributed by atoms with Crippen molar-refractivity contribution in [3.05, 3.63) is 0 Å². The number of carbonyl (C=O) groups is 1. The molecule has 2 saturated heterocycles. The molecule has 4 nitrogen and oxygen atoms in total. The molecule has 2 atom stereocenters. The van der Waals surface area contributed by atoms with Crippen molar-refractivity contribution in [2.75, 3.05) is 26.3 Å². The van der Waals surface area contributed by atoms with E-state index < -0.39 is 0 Å². The van der Waals surface area contributed by atoms with Gasteiger partial charge in [-0.3, -0.25) is 9.69 Å². The molecule has 0 aromatic rings. The van der Waals surface area contributed by atoms with Gasteiger partial charge in [-0.25, -0.2) is 0 Å². The molecular weight excluding hydrogens is 230 g/mol. The van der Waals surface area contributed by atoms with Crippen molar-refractivity contribution in [3.63, 3.8) is 0 Å². The molecule has 0 aromatic heterocycles. The Morgan fingerprint density at radius 1 is 1.39 bits per heavy atom. The molecule has 0 bridgehead atoms. The first kappa shape index (κ1) is 13.8. The first-order valence-corrected chi connectivity index (χ1v) is 7.21. The minimum absolute atomic E-state index is 0.0829. The molecule has 0 aromatic carbocycles. The maximum Gasteiger partial charge on any atom is 0.307 e. The zero-order chi connectivity index (χ0) is 13.0. The number of likely N-dealkylation sites (tertiary alicyclic amines) is 1. The van der Waals surface area contributed by atoms with Gasteiger partial charge in [0.1, 0.15) is 0 Å². The maximum absolute atomic E-state index is 11.9. The SMILES string of the molecule is CCOC(=O)CC1(N2CCCCC2)CCOC1C. The molecule has 0 aliphatic carbocycles. The average Bonchev–Trinajstić information content (AvgIpc) is 2.73. The Bertz CT molecular complexity index is 289. The molecule has 0 radical (unpaired) electrons. The van der Waals surface area contributed by atoms with Gasteiger partial charge in [0.2, 0.25) is 0 Å². The standard InChI is InChI=1S/C14H25NO3/c1-3-17-13(16)11-14(7-10-18-12(14)2)15-8-5-4-6-9-15/h12H,3-11H2,1-2H3. The lowest BCUT2D eigenvalue weighted by atomic mass is 9.84. The van der Waals surface area contributed by atoms with Crippen LogP contribution in [0.5, 0.6) is 0 Å². The number of rotatable bonds is 4. The van der Waals surface area contributed by atoms with Gasteiger partial charge in [-0.15, -0.1) is 0 Å². The zero-order valence-electron chi connectivity index (χ0n) is 11.6. The molecule has 2 heterocycles. The van der Waals surface area contributed by atoms with E-state index in [0.717, 1.165) is 26.1 Å². The third kappa shape index (κ3) is 2.69. The molecule has 2 unspecified atom stereocenters. The summed E-state index contributed by atoms with van der Waals surface area (Å²) in [4.78, 5) is 14.4. The minimum Gasteiger partial charge on any atom is -0.466 e. The van der Waals surface area contributed by atoms with Crippen molar-refractivity contribution in [3.8, 4) is 0 Å². The van der Waals surface area contributed by atoms with Gasteiger partial charge >= 0.3 is 5.97 Å². The van der Waals surface area contributed by atoms with Gasteiger partial charge in [0.05, 0.1) is 24.7 Å². The van der Waals surface area contributed by atoms with Crippen LogP contribution in [0.25, 0.3) is 0 Å². The third-order valence-electron chi connectivity index (χ3n) is 4.40. The van der Waals surface area contributed by atoms with Gasteiger partial charge in [0, 0.05) is 6.61 Å². The predicted molar refractivity (Wildman–Crippen MR) is 69.4 cm³/mol. The van der Waals surface area contributed by atoms with Gasteiger partial charge in [0.15, 0.2) is 0 Å². The summed E-state index contributed by atoms with van der Waals surface area (Å²) in [5, 5.41) is 0. The number of piperidine rings is 1. The van der Waals surface area contributed by atoms with Crippen molar-refractivity contribution in [1.29, 1.82) is 0 Å². The number of nitrogens with zero attached hydrogens (tertiary/aromatic N) is 1. The van der Waals surface area contributed by atoms with E-state index in [-0.39, 0.29) is 17.6 Å². The van der Waals surface area contributed by atoms with Gasteiger partial charge in [0.25, 0.3) is 0 Å². The topological polar surface area (TPSA) is 38.8 Å². The van der Waals surface area contributed by atoms with Crippen molar-refractivity contribution in [2.45, 2.75) is 57.6 Å². The van der Waals surface area contributed by atoms with Gasteiger partial charge in [-0.1, -0.05) is 6.42 Å². The fourth-order valence-electron chi connectivity index (χ4n) is 3.33. The largest absolute Gasteiger partial charge is 0.466 e. The number of hydrogen-bond donors (Lipinski definition) is 0. The van der Waals surface area contributed by atoms with Gasteiger partial charge < -0.3 is 9.47 Å². The van der Waals surface area contributed by atoms with Crippen molar-refractivity contribution in [1.82, 2.24) is 4.90 Å². The second kappa shape index (κ2) is 6.02. The van der Waals surface area contributed by atoms with Crippen molar-refractivity contribution >= 4 is 5.97 Å². The highest BCUT2D eigenvalue weighted by atomic mass is 16.5. The van der Waals surface area contributed by atoms with Gasteiger partial charge in [-0.2, -0.15) is 0 Å². The molecule has 4 heteroatoms. The third-order valence-corrected chi connectivity index (χ3v) is 4.40. The predicted octanol–water partition coefficient (Wildman–Crippen LogP) is 1.97.